The van der Waals surface area contributed by atoms with Crippen molar-refractivity contribution >= 4 is 22.5 Å². The minimum absolute atomic E-state index is 0.404. The van der Waals surface area contributed by atoms with Gasteiger partial charge in [0.15, 0.2) is 0 Å². The quantitative estimate of drug-likeness (QED) is 0.217. The Hall–Kier alpha value is -4.64. The fourth-order valence-electron chi connectivity index (χ4n) is 5.01. The Labute approximate surface area is 237 Å². The lowest BCUT2D eigenvalue weighted by Gasteiger charge is -2.28. The maximum atomic E-state index is 6.49. The number of hydrogen-bond acceptors (Lipinski definition) is 4. The van der Waals surface area contributed by atoms with Gasteiger partial charge in [-0.1, -0.05) is 121 Å². The van der Waals surface area contributed by atoms with Gasteiger partial charge in [0.2, 0.25) is 0 Å². The van der Waals surface area contributed by atoms with Crippen molar-refractivity contribution in [1.29, 1.82) is 0 Å². The molecule has 0 heterocycles. The average Bonchev–Trinajstić information content (AvgIpc) is 3.00. The molecule has 2 atom stereocenters. The number of anilines is 2. The summed E-state index contributed by atoms with van der Waals surface area (Å²) >= 11 is 0. The summed E-state index contributed by atoms with van der Waals surface area (Å²) in [5.74, 6) is 0. The molecule has 0 spiro atoms. The largest absolute Gasteiger partial charge is 0.399 e. The Kier molecular flexibility index (Phi) is 7.83. The highest BCUT2D eigenvalue weighted by molar-refractivity contribution is 5.77. The number of rotatable bonds is 4. The molecular formula is C36H36N4. The van der Waals surface area contributed by atoms with Gasteiger partial charge in [0.1, 0.15) is 0 Å². The molecule has 6 rings (SSSR count). The molecule has 0 bridgehead atoms. The van der Waals surface area contributed by atoms with Crippen molar-refractivity contribution in [1.82, 2.24) is 0 Å². The van der Waals surface area contributed by atoms with Crippen LogP contribution in [0.15, 0.2) is 146 Å². The maximum absolute atomic E-state index is 6.49. The van der Waals surface area contributed by atoms with E-state index in [4.69, 9.17) is 22.9 Å². The summed E-state index contributed by atoms with van der Waals surface area (Å²) in [5.41, 5.74) is 32.2. The normalized spacial score (nSPS) is 21.6. The summed E-state index contributed by atoms with van der Waals surface area (Å²) in [7, 11) is 0. The van der Waals surface area contributed by atoms with Gasteiger partial charge in [0, 0.05) is 11.4 Å². The SMILES string of the molecule is Nc1ccc(C2=CCC(N)(c3ccccc3)C=C2)cc1.Nc1ccc(C2=CCC(N)(c3ccccc3)C=C2)cc1. The molecule has 0 fully saturated rings. The van der Waals surface area contributed by atoms with Crippen LogP contribution in [0.4, 0.5) is 11.4 Å². The van der Waals surface area contributed by atoms with Crippen LogP contribution in [0.25, 0.3) is 11.1 Å². The van der Waals surface area contributed by atoms with E-state index >= 15 is 0 Å². The van der Waals surface area contributed by atoms with E-state index in [-0.39, 0.29) is 0 Å². The van der Waals surface area contributed by atoms with Crippen molar-refractivity contribution in [3.63, 3.8) is 0 Å². The Morgan fingerprint density at radius 1 is 0.450 bits per heavy atom. The van der Waals surface area contributed by atoms with E-state index in [1.54, 1.807) is 0 Å². The molecule has 0 saturated carbocycles. The molecule has 2 unspecified atom stereocenters. The highest BCUT2D eigenvalue weighted by Gasteiger charge is 2.26. The van der Waals surface area contributed by atoms with Gasteiger partial charge in [0.05, 0.1) is 11.1 Å². The van der Waals surface area contributed by atoms with E-state index in [0.29, 0.717) is 0 Å². The first-order valence-electron chi connectivity index (χ1n) is 13.5. The lowest BCUT2D eigenvalue weighted by atomic mass is 9.82. The molecule has 8 N–H and O–H groups in total. The molecule has 0 aliphatic heterocycles. The van der Waals surface area contributed by atoms with Crippen LogP contribution in [-0.2, 0) is 11.1 Å². The van der Waals surface area contributed by atoms with Crippen LogP contribution in [-0.4, -0.2) is 0 Å². The minimum atomic E-state index is -0.404. The zero-order valence-electron chi connectivity index (χ0n) is 22.6. The first kappa shape index (κ1) is 26.9. The molecule has 4 aromatic carbocycles. The zero-order valence-corrected chi connectivity index (χ0v) is 22.6. The lowest BCUT2D eigenvalue weighted by molar-refractivity contribution is 0.567. The van der Waals surface area contributed by atoms with E-state index in [0.717, 1.165) is 35.3 Å². The Morgan fingerprint density at radius 2 is 0.800 bits per heavy atom. The summed E-state index contributed by atoms with van der Waals surface area (Å²) in [6, 6.07) is 36.3. The third kappa shape index (κ3) is 6.15. The van der Waals surface area contributed by atoms with Gasteiger partial charge in [0.25, 0.3) is 0 Å². The van der Waals surface area contributed by atoms with Gasteiger partial charge in [-0.2, -0.15) is 0 Å². The smallest absolute Gasteiger partial charge is 0.0633 e. The minimum Gasteiger partial charge on any atom is -0.399 e. The third-order valence-electron chi connectivity index (χ3n) is 7.55. The highest BCUT2D eigenvalue weighted by atomic mass is 14.7. The number of allylic oxidation sites excluding steroid dienone is 4. The summed E-state index contributed by atoms with van der Waals surface area (Å²) < 4.78 is 0. The summed E-state index contributed by atoms with van der Waals surface area (Å²) in [6.45, 7) is 0. The van der Waals surface area contributed by atoms with Crippen LogP contribution in [0.1, 0.15) is 35.1 Å². The summed E-state index contributed by atoms with van der Waals surface area (Å²) in [6.07, 6.45) is 14.4. The molecule has 0 amide bonds. The second kappa shape index (κ2) is 11.6. The molecule has 2 aliphatic carbocycles. The van der Waals surface area contributed by atoms with E-state index in [1.807, 2.05) is 84.9 Å². The fraction of sp³-hybridized carbons (Fsp3) is 0.111. The molecule has 0 saturated heterocycles. The molecule has 40 heavy (non-hydrogen) atoms. The van der Waals surface area contributed by atoms with Crippen LogP contribution in [0.2, 0.25) is 0 Å². The molecule has 200 valence electrons. The monoisotopic (exact) mass is 524 g/mol. The van der Waals surface area contributed by atoms with Gasteiger partial charge >= 0.3 is 0 Å². The number of nitrogen functional groups attached to an aromatic ring is 2. The van der Waals surface area contributed by atoms with Crippen molar-refractivity contribution in [2.45, 2.75) is 23.9 Å². The fourth-order valence-corrected chi connectivity index (χ4v) is 5.01. The maximum Gasteiger partial charge on any atom is 0.0633 e. The molecule has 4 aromatic rings. The molecule has 0 radical (unpaired) electrons. The predicted octanol–water partition coefficient (Wildman–Crippen LogP) is 6.93. The zero-order chi connectivity index (χ0) is 28.0. The van der Waals surface area contributed by atoms with Gasteiger partial charge in [-0.05, 0) is 70.5 Å². The first-order chi connectivity index (χ1) is 19.3. The highest BCUT2D eigenvalue weighted by Crippen LogP contribution is 2.33. The second-order valence-corrected chi connectivity index (χ2v) is 10.5. The van der Waals surface area contributed by atoms with Gasteiger partial charge < -0.3 is 22.9 Å². The van der Waals surface area contributed by atoms with Crippen LogP contribution < -0.4 is 22.9 Å². The first-order valence-corrected chi connectivity index (χ1v) is 13.5. The Bertz CT molecular complexity index is 1430. The second-order valence-electron chi connectivity index (χ2n) is 10.5. The topological polar surface area (TPSA) is 104 Å². The van der Waals surface area contributed by atoms with Crippen LogP contribution >= 0.6 is 0 Å². The van der Waals surface area contributed by atoms with E-state index in [9.17, 15) is 0 Å². The van der Waals surface area contributed by atoms with Gasteiger partial charge in [-0.25, -0.2) is 0 Å². The number of nitrogens with two attached hydrogens (primary N) is 4. The van der Waals surface area contributed by atoms with Crippen molar-refractivity contribution in [3.05, 3.63) is 168 Å². The summed E-state index contributed by atoms with van der Waals surface area (Å²) in [5, 5.41) is 0. The van der Waals surface area contributed by atoms with Crippen molar-refractivity contribution in [2.24, 2.45) is 11.5 Å². The van der Waals surface area contributed by atoms with Gasteiger partial charge in [-0.15, -0.1) is 0 Å². The summed E-state index contributed by atoms with van der Waals surface area (Å²) in [4.78, 5) is 0. The van der Waals surface area contributed by atoms with Crippen molar-refractivity contribution in [3.8, 4) is 0 Å². The molecule has 0 aromatic heterocycles. The standard InChI is InChI=1S/2C18H18N2/c2*19-17-8-6-14(7-9-17)15-10-12-18(20,13-11-15)16-4-2-1-3-5-16/h2*1-12H,13,19-20H2. The van der Waals surface area contributed by atoms with Crippen molar-refractivity contribution < 1.29 is 0 Å². The third-order valence-corrected chi connectivity index (χ3v) is 7.55. The van der Waals surface area contributed by atoms with E-state index in [1.165, 1.54) is 22.3 Å². The number of benzene rings is 4. The number of hydrogen-bond donors (Lipinski definition) is 4. The average molecular weight is 525 g/mol. The van der Waals surface area contributed by atoms with Crippen LogP contribution in [0.5, 0.6) is 0 Å². The Balaban J connectivity index is 0.000000161. The van der Waals surface area contributed by atoms with Gasteiger partial charge in [-0.3, -0.25) is 0 Å². The van der Waals surface area contributed by atoms with Crippen LogP contribution in [0.3, 0.4) is 0 Å². The van der Waals surface area contributed by atoms with Crippen LogP contribution in [0, 0.1) is 0 Å². The Morgan fingerprint density at radius 3 is 1.10 bits per heavy atom. The van der Waals surface area contributed by atoms with E-state index < -0.39 is 11.1 Å². The lowest BCUT2D eigenvalue weighted by Crippen LogP contribution is -2.35. The molecular weight excluding hydrogens is 488 g/mol. The molecule has 2 aliphatic rings. The molecule has 4 heteroatoms. The van der Waals surface area contributed by atoms with Crippen molar-refractivity contribution in [2.75, 3.05) is 11.5 Å². The van der Waals surface area contributed by atoms with E-state index in [2.05, 4.69) is 60.7 Å². The molecule has 4 nitrogen and oxygen atoms in total. The predicted molar refractivity (Wildman–Crippen MR) is 170 cm³/mol.